The van der Waals surface area contributed by atoms with E-state index >= 15 is 0 Å². The second kappa shape index (κ2) is 6.28. The monoisotopic (exact) mass is 343 g/mol. The lowest BCUT2D eigenvalue weighted by atomic mass is 10.2. The van der Waals surface area contributed by atoms with Crippen LogP contribution in [0.1, 0.15) is 0 Å². The van der Waals surface area contributed by atoms with Crippen molar-refractivity contribution in [3.8, 4) is 0 Å². The number of ether oxygens (including phenoxy) is 1. The number of hydrogen-bond donors (Lipinski definition) is 0. The molecule has 0 aromatic heterocycles. The Labute approximate surface area is 146 Å². The van der Waals surface area contributed by atoms with Crippen molar-refractivity contribution in [3.05, 3.63) is 36.4 Å². The highest BCUT2D eigenvalue weighted by atomic mass is 32.2. The first kappa shape index (κ1) is 16.5. The van der Waals surface area contributed by atoms with Gasteiger partial charge in [-0.2, -0.15) is 0 Å². The Balaban J connectivity index is 2.15. The van der Waals surface area contributed by atoms with Crippen LogP contribution in [0.3, 0.4) is 0 Å². The van der Waals surface area contributed by atoms with Crippen LogP contribution in [0.25, 0.3) is 0 Å². The summed E-state index contributed by atoms with van der Waals surface area (Å²) in [4.78, 5) is 20.2. The zero-order chi connectivity index (χ0) is 17.4. The van der Waals surface area contributed by atoms with Crippen LogP contribution < -0.4 is 14.7 Å². The van der Waals surface area contributed by atoms with Gasteiger partial charge in [-0.25, -0.2) is 9.69 Å². The Kier molecular flexibility index (Phi) is 4.32. The molecule has 0 fully saturated rings. The molecule has 1 aliphatic rings. The minimum atomic E-state index is -0.381. The lowest BCUT2D eigenvalue weighted by Crippen LogP contribution is -2.28. The van der Waals surface area contributed by atoms with Gasteiger partial charge in [0, 0.05) is 49.4 Å². The van der Waals surface area contributed by atoms with Gasteiger partial charge in [0.15, 0.2) is 0 Å². The van der Waals surface area contributed by atoms with E-state index in [1.165, 1.54) is 7.11 Å². The van der Waals surface area contributed by atoms with Crippen LogP contribution >= 0.6 is 11.8 Å². The maximum atomic E-state index is 12.4. The first-order valence-electron chi connectivity index (χ1n) is 7.61. The number of rotatable bonds is 2. The number of fused-ring (bicyclic) bond motifs is 2. The third-order valence-corrected chi connectivity index (χ3v) is 5.07. The Morgan fingerprint density at radius 1 is 0.917 bits per heavy atom. The molecule has 1 amide bonds. The molecule has 0 saturated carbocycles. The van der Waals surface area contributed by atoms with Crippen molar-refractivity contribution < 1.29 is 9.53 Å². The minimum Gasteiger partial charge on any atom is -0.452 e. The average molecular weight is 343 g/mol. The van der Waals surface area contributed by atoms with Gasteiger partial charge in [-0.1, -0.05) is 11.8 Å². The van der Waals surface area contributed by atoms with E-state index in [1.54, 1.807) is 16.7 Å². The predicted molar refractivity (Wildman–Crippen MR) is 100 cm³/mol. The standard InChI is InChI=1S/C18H21N3O2S/c1-19(2)12-6-8-14-16(10-12)24-17-11-13(20(3)4)7-9-15(17)21(14)18(22)23-5/h6-11H,1-5H3. The molecule has 0 unspecified atom stereocenters. The summed E-state index contributed by atoms with van der Waals surface area (Å²) >= 11 is 1.67. The number of nitrogens with zero attached hydrogens (tertiary/aromatic N) is 3. The van der Waals surface area contributed by atoms with E-state index in [0.717, 1.165) is 32.5 Å². The third kappa shape index (κ3) is 2.78. The topological polar surface area (TPSA) is 36.0 Å². The fourth-order valence-corrected chi connectivity index (χ4v) is 3.76. The Morgan fingerprint density at radius 2 is 1.38 bits per heavy atom. The van der Waals surface area contributed by atoms with E-state index in [4.69, 9.17) is 4.74 Å². The van der Waals surface area contributed by atoms with Gasteiger partial charge >= 0.3 is 6.09 Å². The molecule has 0 atom stereocenters. The SMILES string of the molecule is COC(=O)N1c2ccc(N(C)C)cc2Sc2cc(N(C)C)ccc21. The number of amides is 1. The fraction of sp³-hybridized carbons (Fsp3) is 0.278. The maximum absolute atomic E-state index is 12.4. The summed E-state index contributed by atoms with van der Waals surface area (Å²) in [6.45, 7) is 0. The largest absolute Gasteiger partial charge is 0.452 e. The number of hydrogen-bond acceptors (Lipinski definition) is 5. The van der Waals surface area contributed by atoms with Crippen LogP contribution in [-0.4, -0.2) is 41.4 Å². The molecule has 1 heterocycles. The average Bonchev–Trinajstić information content (AvgIpc) is 2.57. The van der Waals surface area contributed by atoms with Gasteiger partial charge in [-0.15, -0.1) is 0 Å². The van der Waals surface area contributed by atoms with Gasteiger partial charge in [-0.3, -0.25) is 0 Å². The molecule has 0 N–H and O–H groups in total. The van der Waals surface area contributed by atoms with E-state index in [0.29, 0.717) is 0 Å². The van der Waals surface area contributed by atoms with Crippen molar-refractivity contribution in [2.75, 3.05) is 50.0 Å². The van der Waals surface area contributed by atoms with E-state index in [2.05, 4.69) is 21.9 Å². The van der Waals surface area contributed by atoms with Gasteiger partial charge in [0.1, 0.15) is 0 Å². The summed E-state index contributed by atoms with van der Waals surface area (Å²) < 4.78 is 5.02. The van der Waals surface area contributed by atoms with Crippen LogP contribution in [0, 0.1) is 0 Å². The van der Waals surface area contributed by atoms with Crippen molar-refractivity contribution in [2.24, 2.45) is 0 Å². The summed E-state index contributed by atoms with van der Waals surface area (Å²) in [5, 5.41) is 0. The molecule has 1 aliphatic heterocycles. The molecule has 126 valence electrons. The molecular weight excluding hydrogens is 322 g/mol. The molecule has 0 spiro atoms. The van der Waals surface area contributed by atoms with Crippen molar-refractivity contribution in [3.63, 3.8) is 0 Å². The van der Waals surface area contributed by atoms with Crippen LogP contribution in [0.4, 0.5) is 27.5 Å². The van der Waals surface area contributed by atoms with Crippen LogP contribution in [0.15, 0.2) is 46.2 Å². The zero-order valence-electron chi connectivity index (χ0n) is 14.5. The van der Waals surface area contributed by atoms with E-state index in [1.807, 2.05) is 52.5 Å². The lowest BCUT2D eigenvalue weighted by Gasteiger charge is -2.31. The first-order chi connectivity index (χ1) is 11.4. The highest BCUT2D eigenvalue weighted by molar-refractivity contribution is 7.99. The molecule has 0 radical (unpaired) electrons. The van der Waals surface area contributed by atoms with E-state index < -0.39 is 0 Å². The van der Waals surface area contributed by atoms with Gasteiger partial charge in [0.25, 0.3) is 0 Å². The Hall–Kier alpha value is -2.34. The maximum Gasteiger partial charge on any atom is 0.418 e. The van der Waals surface area contributed by atoms with Gasteiger partial charge in [-0.05, 0) is 36.4 Å². The van der Waals surface area contributed by atoms with Crippen molar-refractivity contribution in [1.29, 1.82) is 0 Å². The first-order valence-corrected chi connectivity index (χ1v) is 8.42. The summed E-state index contributed by atoms with van der Waals surface area (Å²) in [7, 11) is 9.43. The third-order valence-electron chi connectivity index (χ3n) is 3.98. The molecule has 2 aromatic rings. The molecule has 0 aliphatic carbocycles. The summed E-state index contributed by atoms with van der Waals surface area (Å²) in [5.74, 6) is 0. The second-order valence-electron chi connectivity index (χ2n) is 6.00. The van der Waals surface area contributed by atoms with Gasteiger partial charge < -0.3 is 14.5 Å². The highest BCUT2D eigenvalue weighted by Crippen LogP contribution is 2.50. The minimum absolute atomic E-state index is 0.381. The van der Waals surface area contributed by atoms with Crippen molar-refractivity contribution >= 4 is 40.6 Å². The van der Waals surface area contributed by atoms with Gasteiger partial charge in [0.2, 0.25) is 0 Å². The Morgan fingerprint density at radius 3 is 1.75 bits per heavy atom. The molecule has 2 aromatic carbocycles. The molecule has 6 heteroatoms. The van der Waals surface area contributed by atoms with Crippen molar-refractivity contribution in [1.82, 2.24) is 0 Å². The summed E-state index contributed by atoms with van der Waals surface area (Å²) in [6.07, 6.45) is -0.381. The Bertz CT molecular complexity index is 732. The molecule has 3 rings (SSSR count). The van der Waals surface area contributed by atoms with Crippen LogP contribution in [0.2, 0.25) is 0 Å². The number of carbonyl (C=O) groups excluding carboxylic acids is 1. The highest BCUT2D eigenvalue weighted by Gasteiger charge is 2.29. The molecular formula is C18H21N3O2S. The predicted octanol–water partition coefficient (Wildman–Crippen LogP) is 4.19. The molecule has 24 heavy (non-hydrogen) atoms. The van der Waals surface area contributed by atoms with Crippen molar-refractivity contribution in [2.45, 2.75) is 9.79 Å². The lowest BCUT2D eigenvalue weighted by molar-refractivity contribution is 0.181. The number of anilines is 4. The molecule has 0 saturated heterocycles. The molecule has 5 nitrogen and oxygen atoms in total. The smallest absolute Gasteiger partial charge is 0.418 e. The quantitative estimate of drug-likeness (QED) is 0.817. The number of carbonyl (C=O) groups is 1. The van der Waals surface area contributed by atoms with Gasteiger partial charge in [0.05, 0.1) is 18.5 Å². The van der Waals surface area contributed by atoms with Crippen LogP contribution in [0.5, 0.6) is 0 Å². The van der Waals surface area contributed by atoms with E-state index in [9.17, 15) is 4.79 Å². The zero-order valence-corrected chi connectivity index (χ0v) is 15.3. The van der Waals surface area contributed by atoms with E-state index in [-0.39, 0.29) is 6.09 Å². The molecule has 0 bridgehead atoms. The fourth-order valence-electron chi connectivity index (χ4n) is 2.63. The number of benzene rings is 2. The summed E-state index contributed by atoms with van der Waals surface area (Å²) in [6, 6.07) is 12.2. The van der Waals surface area contributed by atoms with Crippen LogP contribution in [-0.2, 0) is 4.74 Å². The second-order valence-corrected chi connectivity index (χ2v) is 7.08. The number of methoxy groups -OCH3 is 1. The summed E-state index contributed by atoms with van der Waals surface area (Å²) in [5.41, 5.74) is 3.89. The normalized spacial score (nSPS) is 12.3.